The van der Waals surface area contributed by atoms with Crippen molar-refractivity contribution in [2.24, 2.45) is 0 Å². The lowest BCUT2D eigenvalue weighted by Gasteiger charge is -2.05. The van der Waals surface area contributed by atoms with Crippen LogP contribution in [0.1, 0.15) is 142 Å². The molecule has 0 aliphatic rings. The van der Waals surface area contributed by atoms with E-state index in [1.165, 1.54) is 133 Å². The molecule has 0 saturated heterocycles. The van der Waals surface area contributed by atoms with Gasteiger partial charge in [0, 0.05) is 0 Å². The quantitative estimate of drug-likeness (QED) is 0.155. The van der Waals surface area contributed by atoms with Gasteiger partial charge in [0.05, 0.1) is 0 Å². The number of hydrogen-bond acceptors (Lipinski definition) is 1. The Kier molecular flexibility index (Phi) is 21.2. The van der Waals surface area contributed by atoms with Crippen LogP contribution in [0.4, 0.5) is 0 Å². The van der Waals surface area contributed by atoms with Crippen LogP contribution in [0.25, 0.3) is 0 Å². The maximum atomic E-state index is 5.55. The van der Waals surface area contributed by atoms with Gasteiger partial charge in [-0.1, -0.05) is 129 Å². The van der Waals surface area contributed by atoms with Crippen LogP contribution in [-0.4, -0.2) is 4.86 Å². The number of thiocarbonyl (C=S) groups is 1. The van der Waals surface area contributed by atoms with Crippen LogP contribution < -0.4 is 0 Å². The summed E-state index contributed by atoms with van der Waals surface area (Å²) in [7, 11) is 0. The lowest BCUT2D eigenvalue weighted by atomic mass is 10.0. The van der Waals surface area contributed by atoms with E-state index >= 15 is 0 Å². The standard InChI is InChI=1S/C23H46S/c1-3-5-7-9-11-13-15-17-19-21-23(24)22-20-18-16-14-12-10-8-6-4-2/h3-22H2,1-2H3. The van der Waals surface area contributed by atoms with Crippen molar-refractivity contribution >= 4 is 17.1 Å². The highest BCUT2D eigenvalue weighted by Crippen LogP contribution is 2.14. The first-order valence-corrected chi connectivity index (χ1v) is 11.7. The Labute approximate surface area is 159 Å². The molecule has 0 fully saturated rings. The zero-order valence-electron chi connectivity index (χ0n) is 17.1. The monoisotopic (exact) mass is 354 g/mol. The summed E-state index contributed by atoms with van der Waals surface area (Å²) >= 11 is 5.55. The molecule has 0 aromatic rings. The molecule has 0 atom stereocenters. The second kappa shape index (κ2) is 21.1. The summed E-state index contributed by atoms with van der Waals surface area (Å²) < 4.78 is 0. The zero-order chi connectivity index (χ0) is 17.7. The molecule has 0 amide bonds. The van der Waals surface area contributed by atoms with E-state index in [2.05, 4.69) is 13.8 Å². The van der Waals surface area contributed by atoms with Gasteiger partial charge in [0.2, 0.25) is 0 Å². The molecular weight excluding hydrogens is 308 g/mol. The average molecular weight is 355 g/mol. The van der Waals surface area contributed by atoms with Gasteiger partial charge in [-0.3, -0.25) is 0 Å². The van der Waals surface area contributed by atoms with Crippen LogP contribution in [-0.2, 0) is 0 Å². The molecule has 0 N–H and O–H groups in total. The van der Waals surface area contributed by atoms with Gasteiger partial charge in [0.1, 0.15) is 0 Å². The molecule has 0 aromatic heterocycles. The number of rotatable bonds is 20. The first-order chi connectivity index (χ1) is 11.8. The van der Waals surface area contributed by atoms with Gasteiger partial charge in [0.15, 0.2) is 0 Å². The van der Waals surface area contributed by atoms with Crippen LogP contribution in [0.15, 0.2) is 0 Å². The van der Waals surface area contributed by atoms with Gasteiger partial charge in [0.25, 0.3) is 0 Å². The van der Waals surface area contributed by atoms with Gasteiger partial charge >= 0.3 is 0 Å². The highest BCUT2D eigenvalue weighted by atomic mass is 32.1. The normalized spacial score (nSPS) is 11.1. The number of unbranched alkanes of at least 4 members (excludes halogenated alkanes) is 16. The van der Waals surface area contributed by atoms with Crippen LogP contribution in [0.2, 0.25) is 0 Å². The Morgan fingerprint density at radius 2 is 0.667 bits per heavy atom. The molecule has 144 valence electrons. The summed E-state index contributed by atoms with van der Waals surface area (Å²) in [6.07, 6.45) is 27.9. The molecule has 0 saturated carbocycles. The minimum atomic E-state index is 1.21. The topological polar surface area (TPSA) is 0 Å². The first-order valence-electron chi connectivity index (χ1n) is 11.3. The second-order valence-electron chi connectivity index (χ2n) is 7.70. The third-order valence-corrected chi connectivity index (χ3v) is 5.53. The fraction of sp³-hybridized carbons (Fsp3) is 0.957. The van der Waals surface area contributed by atoms with Crippen LogP contribution >= 0.6 is 12.2 Å². The van der Waals surface area contributed by atoms with Crippen molar-refractivity contribution in [3.05, 3.63) is 0 Å². The molecule has 24 heavy (non-hydrogen) atoms. The van der Waals surface area contributed by atoms with Gasteiger partial charge < -0.3 is 0 Å². The fourth-order valence-electron chi connectivity index (χ4n) is 3.39. The van der Waals surface area contributed by atoms with Crippen LogP contribution in [0, 0.1) is 0 Å². The lowest BCUT2D eigenvalue weighted by Crippen LogP contribution is -1.95. The molecule has 0 unspecified atom stereocenters. The van der Waals surface area contributed by atoms with Crippen LogP contribution in [0.3, 0.4) is 0 Å². The summed E-state index contributed by atoms with van der Waals surface area (Å²) in [5.74, 6) is 0. The molecule has 0 aliphatic heterocycles. The third kappa shape index (κ3) is 20.1. The molecule has 0 nitrogen and oxygen atoms in total. The summed E-state index contributed by atoms with van der Waals surface area (Å²) in [4.78, 5) is 1.35. The molecule has 0 rings (SSSR count). The molecule has 0 heterocycles. The van der Waals surface area contributed by atoms with Crippen molar-refractivity contribution in [1.82, 2.24) is 0 Å². The smallest absolute Gasteiger partial charge is 0.00715 e. The fourth-order valence-corrected chi connectivity index (χ4v) is 3.68. The molecule has 0 radical (unpaired) electrons. The molecule has 0 aromatic carbocycles. The Morgan fingerprint density at radius 1 is 0.417 bits per heavy atom. The van der Waals surface area contributed by atoms with Crippen molar-refractivity contribution < 1.29 is 0 Å². The molecule has 1 heteroatoms. The van der Waals surface area contributed by atoms with Crippen LogP contribution in [0.5, 0.6) is 0 Å². The van der Waals surface area contributed by atoms with E-state index in [9.17, 15) is 0 Å². The van der Waals surface area contributed by atoms with Crippen molar-refractivity contribution in [3.8, 4) is 0 Å². The Morgan fingerprint density at radius 3 is 0.958 bits per heavy atom. The largest absolute Gasteiger partial charge is 0.0897 e. The molecule has 0 aliphatic carbocycles. The van der Waals surface area contributed by atoms with E-state index in [1.807, 2.05) is 0 Å². The Hall–Kier alpha value is 0.0900. The molecule has 0 bridgehead atoms. The third-order valence-electron chi connectivity index (χ3n) is 5.12. The Bertz CT molecular complexity index is 222. The lowest BCUT2D eigenvalue weighted by molar-refractivity contribution is 0.564. The predicted octanol–water partition coefficient (Wildman–Crippen LogP) is 9.20. The van der Waals surface area contributed by atoms with Crippen molar-refractivity contribution in [2.45, 2.75) is 142 Å². The average Bonchev–Trinajstić information content (AvgIpc) is 2.59. The van der Waals surface area contributed by atoms with E-state index in [0.29, 0.717) is 0 Å². The first kappa shape index (κ1) is 24.1. The van der Waals surface area contributed by atoms with Crippen molar-refractivity contribution in [3.63, 3.8) is 0 Å². The summed E-state index contributed by atoms with van der Waals surface area (Å²) in [5.41, 5.74) is 0. The summed E-state index contributed by atoms with van der Waals surface area (Å²) in [5, 5.41) is 0. The van der Waals surface area contributed by atoms with Gasteiger partial charge in [-0.05, 0) is 30.5 Å². The van der Waals surface area contributed by atoms with E-state index in [-0.39, 0.29) is 0 Å². The Balaban J connectivity index is 3.13. The number of hydrogen-bond donors (Lipinski definition) is 0. The SMILES string of the molecule is CCCCCCCCCCCC(=S)CCCCCCCCCCC. The van der Waals surface area contributed by atoms with E-state index in [0.717, 1.165) is 0 Å². The second-order valence-corrected chi connectivity index (χ2v) is 8.27. The van der Waals surface area contributed by atoms with Crippen molar-refractivity contribution in [1.29, 1.82) is 0 Å². The minimum absolute atomic E-state index is 1.21. The maximum Gasteiger partial charge on any atom is -0.00715 e. The maximum absolute atomic E-state index is 5.55. The van der Waals surface area contributed by atoms with Gasteiger partial charge in [-0.15, -0.1) is 0 Å². The van der Waals surface area contributed by atoms with E-state index < -0.39 is 0 Å². The van der Waals surface area contributed by atoms with Gasteiger partial charge in [-0.25, -0.2) is 0 Å². The summed E-state index contributed by atoms with van der Waals surface area (Å²) in [6, 6.07) is 0. The summed E-state index contributed by atoms with van der Waals surface area (Å²) in [6.45, 7) is 4.58. The predicted molar refractivity (Wildman–Crippen MR) is 116 cm³/mol. The highest BCUT2D eigenvalue weighted by molar-refractivity contribution is 7.80. The van der Waals surface area contributed by atoms with E-state index in [1.54, 1.807) is 0 Å². The zero-order valence-corrected chi connectivity index (χ0v) is 17.9. The molecular formula is C23H46S. The molecule has 0 spiro atoms. The van der Waals surface area contributed by atoms with Gasteiger partial charge in [-0.2, -0.15) is 0 Å². The van der Waals surface area contributed by atoms with Crippen molar-refractivity contribution in [2.75, 3.05) is 0 Å². The highest BCUT2D eigenvalue weighted by Gasteiger charge is 1.99. The van der Waals surface area contributed by atoms with E-state index in [4.69, 9.17) is 12.2 Å². The minimum Gasteiger partial charge on any atom is -0.0897 e.